The van der Waals surface area contributed by atoms with Gasteiger partial charge in [-0.3, -0.25) is 0 Å². The zero-order valence-corrected chi connectivity index (χ0v) is 9.20. The van der Waals surface area contributed by atoms with Crippen molar-refractivity contribution in [3.05, 3.63) is 0 Å². The molecule has 0 aromatic heterocycles. The second kappa shape index (κ2) is 5.07. The molecule has 0 spiro atoms. The summed E-state index contributed by atoms with van der Waals surface area (Å²) in [6.07, 6.45) is 2.13. The molecule has 0 aromatic rings. The molecule has 3 N–H and O–H groups in total. The van der Waals surface area contributed by atoms with Gasteiger partial charge in [-0.25, -0.2) is 0 Å². The van der Waals surface area contributed by atoms with Crippen LogP contribution in [0.2, 0.25) is 0 Å². The first-order valence-corrected chi connectivity index (χ1v) is 5.23. The van der Waals surface area contributed by atoms with Gasteiger partial charge >= 0.3 is 0 Å². The Morgan fingerprint density at radius 2 is 2.07 bits per heavy atom. The third-order valence-corrected chi connectivity index (χ3v) is 2.79. The molecule has 1 heterocycles. The summed E-state index contributed by atoms with van der Waals surface area (Å²) in [7, 11) is 2.07. The second-order valence-corrected chi connectivity index (χ2v) is 4.57. The third kappa shape index (κ3) is 3.53. The Hall–Kier alpha value is -0.160. The average molecular weight is 202 g/mol. The molecule has 1 unspecified atom stereocenters. The summed E-state index contributed by atoms with van der Waals surface area (Å²) >= 11 is 0. The first-order valence-electron chi connectivity index (χ1n) is 5.23. The van der Waals surface area contributed by atoms with Crippen LogP contribution in [-0.2, 0) is 4.74 Å². The van der Waals surface area contributed by atoms with E-state index in [0.29, 0.717) is 6.04 Å². The van der Waals surface area contributed by atoms with Crippen molar-refractivity contribution in [3.63, 3.8) is 0 Å². The van der Waals surface area contributed by atoms with E-state index in [1.165, 1.54) is 0 Å². The Kier molecular flexibility index (Phi) is 4.31. The number of aliphatic hydroxyl groups excluding tert-OH is 1. The third-order valence-electron chi connectivity index (χ3n) is 2.79. The lowest BCUT2D eigenvalue weighted by Crippen LogP contribution is -2.52. The lowest BCUT2D eigenvalue weighted by atomic mass is 10.0. The van der Waals surface area contributed by atoms with Gasteiger partial charge in [0, 0.05) is 31.3 Å². The van der Waals surface area contributed by atoms with Crippen LogP contribution in [0.1, 0.15) is 19.8 Å². The highest BCUT2D eigenvalue weighted by Gasteiger charge is 2.25. The van der Waals surface area contributed by atoms with E-state index < -0.39 is 5.54 Å². The van der Waals surface area contributed by atoms with Crippen LogP contribution in [0.5, 0.6) is 0 Å². The summed E-state index contributed by atoms with van der Waals surface area (Å²) in [5.41, 5.74) is 5.41. The highest BCUT2D eigenvalue weighted by molar-refractivity contribution is 4.84. The van der Waals surface area contributed by atoms with E-state index in [9.17, 15) is 0 Å². The number of aliphatic hydroxyl groups is 1. The van der Waals surface area contributed by atoms with Gasteiger partial charge in [-0.1, -0.05) is 0 Å². The fraction of sp³-hybridized carbons (Fsp3) is 1.00. The van der Waals surface area contributed by atoms with Crippen molar-refractivity contribution in [1.82, 2.24) is 4.90 Å². The summed E-state index contributed by atoms with van der Waals surface area (Å²) in [6.45, 7) is 4.32. The predicted molar refractivity (Wildman–Crippen MR) is 56.1 cm³/mol. The lowest BCUT2D eigenvalue weighted by Gasteiger charge is -2.36. The predicted octanol–water partition coefficient (Wildman–Crippen LogP) is -0.193. The number of hydrogen-bond donors (Lipinski definition) is 2. The molecule has 4 heteroatoms. The van der Waals surface area contributed by atoms with E-state index in [0.717, 1.165) is 32.6 Å². The molecular weight excluding hydrogens is 180 g/mol. The number of nitrogens with two attached hydrogens (primary N) is 1. The van der Waals surface area contributed by atoms with Crippen LogP contribution in [0.25, 0.3) is 0 Å². The maximum Gasteiger partial charge on any atom is 0.0621 e. The number of likely N-dealkylation sites (N-methyl/N-ethyl adjacent to an activating group) is 1. The Bertz CT molecular complexity index is 168. The van der Waals surface area contributed by atoms with Crippen LogP contribution in [0.3, 0.4) is 0 Å². The molecule has 0 aromatic carbocycles. The van der Waals surface area contributed by atoms with Crippen molar-refractivity contribution in [1.29, 1.82) is 0 Å². The molecule has 4 nitrogen and oxygen atoms in total. The topological polar surface area (TPSA) is 58.7 Å². The quantitative estimate of drug-likeness (QED) is 0.663. The summed E-state index contributed by atoms with van der Waals surface area (Å²) in [6, 6.07) is 0.554. The molecule has 84 valence electrons. The Balaban J connectivity index is 2.36. The molecule has 1 aliphatic heterocycles. The summed E-state index contributed by atoms with van der Waals surface area (Å²) in [5, 5.41) is 9.06. The van der Waals surface area contributed by atoms with Crippen molar-refractivity contribution >= 4 is 0 Å². The van der Waals surface area contributed by atoms with Crippen molar-refractivity contribution in [2.24, 2.45) is 5.73 Å². The lowest BCUT2D eigenvalue weighted by molar-refractivity contribution is 0.0325. The van der Waals surface area contributed by atoms with Crippen LogP contribution in [0.15, 0.2) is 0 Å². The summed E-state index contributed by atoms with van der Waals surface area (Å²) in [4.78, 5) is 2.23. The number of rotatable bonds is 4. The van der Waals surface area contributed by atoms with Crippen molar-refractivity contribution in [3.8, 4) is 0 Å². The molecule has 0 aliphatic carbocycles. The number of hydrogen-bond acceptors (Lipinski definition) is 4. The van der Waals surface area contributed by atoms with E-state index in [1.807, 2.05) is 6.92 Å². The molecule has 14 heavy (non-hydrogen) atoms. The smallest absolute Gasteiger partial charge is 0.0621 e. The minimum Gasteiger partial charge on any atom is -0.394 e. The Morgan fingerprint density at radius 3 is 2.57 bits per heavy atom. The molecule has 1 atom stereocenters. The van der Waals surface area contributed by atoms with Gasteiger partial charge in [-0.05, 0) is 26.8 Å². The van der Waals surface area contributed by atoms with Crippen molar-refractivity contribution in [2.75, 3.05) is 33.4 Å². The minimum atomic E-state index is -0.493. The standard InChI is InChI=1S/C10H22N2O2/c1-10(11,8-13)7-12(2)9-3-5-14-6-4-9/h9,13H,3-8,11H2,1-2H3. The van der Waals surface area contributed by atoms with Crippen LogP contribution < -0.4 is 5.73 Å². The van der Waals surface area contributed by atoms with Crippen molar-refractivity contribution < 1.29 is 9.84 Å². The van der Waals surface area contributed by atoms with Crippen LogP contribution in [-0.4, -0.2) is 55.0 Å². The van der Waals surface area contributed by atoms with E-state index in [-0.39, 0.29) is 6.61 Å². The van der Waals surface area contributed by atoms with Gasteiger partial charge in [0.15, 0.2) is 0 Å². The zero-order chi connectivity index (χ0) is 10.6. The van der Waals surface area contributed by atoms with Gasteiger partial charge in [0.2, 0.25) is 0 Å². The van der Waals surface area contributed by atoms with E-state index in [1.54, 1.807) is 0 Å². The van der Waals surface area contributed by atoms with Gasteiger partial charge in [-0.15, -0.1) is 0 Å². The Labute approximate surface area is 86.0 Å². The molecule has 0 bridgehead atoms. The SMILES string of the molecule is CN(CC(C)(N)CO)C1CCOCC1. The zero-order valence-electron chi connectivity index (χ0n) is 9.20. The van der Waals surface area contributed by atoms with Crippen LogP contribution in [0, 0.1) is 0 Å². The first kappa shape index (κ1) is 11.9. The van der Waals surface area contributed by atoms with Gasteiger partial charge in [-0.2, -0.15) is 0 Å². The monoisotopic (exact) mass is 202 g/mol. The minimum absolute atomic E-state index is 0.0283. The largest absolute Gasteiger partial charge is 0.394 e. The van der Waals surface area contributed by atoms with Crippen molar-refractivity contribution in [2.45, 2.75) is 31.3 Å². The van der Waals surface area contributed by atoms with E-state index in [4.69, 9.17) is 15.6 Å². The highest BCUT2D eigenvalue weighted by Crippen LogP contribution is 2.14. The van der Waals surface area contributed by atoms with E-state index >= 15 is 0 Å². The number of nitrogens with zero attached hydrogens (tertiary/aromatic N) is 1. The summed E-state index contributed by atoms with van der Waals surface area (Å²) < 4.78 is 5.30. The van der Waals surface area contributed by atoms with Crippen LogP contribution >= 0.6 is 0 Å². The molecule has 1 saturated heterocycles. The summed E-state index contributed by atoms with van der Waals surface area (Å²) in [5.74, 6) is 0. The molecule has 1 aliphatic rings. The maximum absolute atomic E-state index is 9.06. The van der Waals surface area contributed by atoms with Gasteiger partial charge in [0.25, 0.3) is 0 Å². The van der Waals surface area contributed by atoms with Gasteiger partial charge < -0.3 is 20.5 Å². The number of ether oxygens (including phenoxy) is 1. The molecule has 0 amide bonds. The van der Waals surface area contributed by atoms with Gasteiger partial charge in [0.05, 0.1) is 6.61 Å². The fourth-order valence-electron chi connectivity index (χ4n) is 1.87. The molecule has 0 saturated carbocycles. The van der Waals surface area contributed by atoms with Gasteiger partial charge in [0.1, 0.15) is 0 Å². The molecular formula is C10H22N2O2. The fourth-order valence-corrected chi connectivity index (χ4v) is 1.87. The molecule has 1 rings (SSSR count). The first-order chi connectivity index (χ1) is 6.55. The molecule has 0 radical (unpaired) electrons. The normalized spacial score (nSPS) is 23.8. The van der Waals surface area contributed by atoms with E-state index in [2.05, 4.69) is 11.9 Å². The maximum atomic E-state index is 9.06. The average Bonchev–Trinajstić information content (AvgIpc) is 2.19. The molecule has 1 fully saturated rings. The Morgan fingerprint density at radius 1 is 1.50 bits per heavy atom. The second-order valence-electron chi connectivity index (χ2n) is 4.57. The van der Waals surface area contributed by atoms with Crippen LogP contribution in [0.4, 0.5) is 0 Å². The highest BCUT2D eigenvalue weighted by atomic mass is 16.5.